The first-order chi connectivity index (χ1) is 30.2. The third-order valence-corrected chi connectivity index (χ3v) is 16.5. The minimum Gasteiger partial charge on any atom is -0.310 e. The molecule has 3 bridgehead atoms. The maximum absolute atomic E-state index is 2.57. The van der Waals surface area contributed by atoms with Crippen LogP contribution in [0.2, 0.25) is 0 Å². The highest BCUT2D eigenvalue weighted by Gasteiger charge is 2.76. The fourth-order valence-electron chi connectivity index (χ4n) is 14.4. The van der Waals surface area contributed by atoms with Gasteiger partial charge in [-0.1, -0.05) is 133 Å². The molecular formula is C59H46N2. The van der Waals surface area contributed by atoms with Crippen molar-refractivity contribution in [1.82, 2.24) is 4.57 Å². The average molecular weight is 783 g/mol. The van der Waals surface area contributed by atoms with Crippen LogP contribution in [-0.4, -0.2) is 4.57 Å². The maximum atomic E-state index is 2.57. The number of rotatable bonds is 6. The summed E-state index contributed by atoms with van der Waals surface area (Å²) in [6, 6.07) is 72.7. The molecule has 5 aliphatic rings. The average Bonchev–Trinajstić information content (AvgIpc) is 3.92. The lowest BCUT2D eigenvalue weighted by atomic mass is 9.49. The summed E-state index contributed by atoms with van der Waals surface area (Å²) in [5.74, 6) is 3.54. The molecule has 4 saturated carbocycles. The van der Waals surface area contributed by atoms with Crippen LogP contribution in [0.1, 0.15) is 43.2 Å². The standard InChI is InChI=1S/C59H46N2/c1-3-13-40(14-4-1)47-17-8-11-21-54(47)60(46-28-30-56-51(35-46)49-19-9-12-22-55(49)61(56)44-15-5-2-6-16-44)45-26-23-39(24-27-45)41-25-29-53-50(33-41)48-18-7-10-20-52(48)59(53)43-32-38-31-42-34-57(59)58(42,36-38)37-43/h1-30,33,35,38,42-43,57H,31-32,34,36-37H2. The van der Waals surface area contributed by atoms with Crippen molar-refractivity contribution in [2.75, 3.05) is 4.90 Å². The molecule has 1 aromatic heterocycles. The van der Waals surface area contributed by atoms with Gasteiger partial charge in [0, 0.05) is 38.8 Å². The van der Waals surface area contributed by atoms with Gasteiger partial charge in [-0.25, -0.2) is 0 Å². The number of hydrogen-bond donors (Lipinski definition) is 0. The quantitative estimate of drug-likeness (QED) is 0.163. The van der Waals surface area contributed by atoms with Crippen LogP contribution < -0.4 is 4.90 Å². The van der Waals surface area contributed by atoms with E-state index < -0.39 is 0 Å². The van der Waals surface area contributed by atoms with Crippen LogP contribution in [0.4, 0.5) is 17.1 Å². The normalized spacial score (nSPS) is 24.9. The third-order valence-electron chi connectivity index (χ3n) is 16.5. The van der Waals surface area contributed by atoms with Crippen molar-refractivity contribution >= 4 is 38.9 Å². The Labute approximate surface area is 357 Å². The molecule has 1 heterocycles. The molecule has 6 atom stereocenters. The summed E-state index contributed by atoms with van der Waals surface area (Å²) < 4.78 is 2.40. The number of benzene rings is 8. The third kappa shape index (κ3) is 4.53. The summed E-state index contributed by atoms with van der Waals surface area (Å²) in [5, 5.41) is 2.49. The van der Waals surface area contributed by atoms with Crippen molar-refractivity contribution in [3.05, 3.63) is 205 Å². The molecule has 0 saturated heterocycles. The molecule has 292 valence electrons. The lowest BCUT2D eigenvalue weighted by molar-refractivity contribution is -0.0193. The fourth-order valence-corrected chi connectivity index (χ4v) is 14.4. The zero-order valence-electron chi connectivity index (χ0n) is 34.2. The molecule has 5 aliphatic carbocycles. The predicted octanol–water partition coefficient (Wildman–Crippen LogP) is 15.3. The molecule has 61 heavy (non-hydrogen) atoms. The highest BCUT2D eigenvalue weighted by molar-refractivity contribution is 6.11. The van der Waals surface area contributed by atoms with Gasteiger partial charge >= 0.3 is 0 Å². The van der Waals surface area contributed by atoms with E-state index in [9.17, 15) is 0 Å². The highest BCUT2D eigenvalue weighted by atomic mass is 15.1. The molecule has 8 aromatic carbocycles. The molecule has 0 amide bonds. The van der Waals surface area contributed by atoms with Gasteiger partial charge in [-0.15, -0.1) is 0 Å². The summed E-state index contributed by atoms with van der Waals surface area (Å²) >= 11 is 0. The minimum atomic E-state index is 0.209. The van der Waals surface area contributed by atoms with Gasteiger partial charge in [0.25, 0.3) is 0 Å². The summed E-state index contributed by atoms with van der Waals surface area (Å²) in [4.78, 5) is 2.46. The lowest BCUT2D eigenvalue weighted by Gasteiger charge is -2.54. The van der Waals surface area contributed by atoms with Gasteiger partial charge in [0.15, 0.2) is 0 Å². The first-order valence-electron chi connectivity index (χ1n) is 22.6. The Morgan fingerprint density at radius 2 is 1.11 bits per heavy atom. The minimum absolute atomic E-state index is 0.209. The number of fused-ring (bicyclic) bond motifs is 12. The van der Waals surface area contributed by atoms with Crippen molar-refractivity contribution in [3.8, 4) is 39.1 Å². The Morgan fingerprint density at radius 1 is 0.443 bits per heavy atom. The van der Waals surface area contributed by atoms with E-state index in [1.165, 1.54) is 93.0 Å². The SMILES string of the molecule is c1ccc(-c2ccccc2N(c2ccc(-c3ccc4c(c3)-c3ccccc3C43C4CC5CC6CC3C6(C5)C4)cc2)c2ccc3c(c2)c2ccccc2n3-c2ccccc2)cc1. The van der Waals surface area contributed by atoms with Crippen molar-refractivity contribution in [2.45, 2.75) is 37.5 Å². The van der Waals surface area contributed by atoms with Gasteiger partial charge < -0.3 is 9.47 Å². The van der Waals surface area contributed by atoms with Gasteiger partial charge in [-0.2, -0.15) is 0 Å². The van der Waals surface area contributed by atoms with Crippen molar-refractivity contribution in [2.24, 2.45) is 29.1 Å². The van der Waals surface area contributed by atoms with Crippen molar-refractivity contribution in [1.29, 1.82) is 0 Å². The largest absolute Gasteiger partial charge is 0.310 e. The summed E-state index contributed by atoms with van der Waals surface area (Å²) in [6.07, 6.45) is 7.34. The summed E-state index contributed by atoms with van der Waals surface area (Å²) in [7, 11) is 0. The van der Waals surface area contributed by atoms with Gasteiger partial charge in [-0.05, 0) is 161 Å². The smallest absolute Gasteiger partial charge is 0.0542 e. The zero-order chi connectivity index (χ0) is 39.9. The van der Waals surface area contributed by atoms with Gasteiger partial charge in [0.2, 0.25) is 0 Å². The molecule has 14 rings (SSSR count). The van der Waals surface area contributed by atoms with Gasteiger partial charge in [-0.3, -0.25) is 0 Å². The van der Waals surface area contributed by atoms with E-state index in [2.05, 4.69) is 204 Å². The van der Waals surface area contributed by atoms with E-state index in [0.29, 0.717) is 5.41 Å². The molecule has 0 radical (unpaired) electrons. The monoisotopic (exact) mass is 782 g/mol. The highest BCUT2D eigenvalue weighted by Crippen LogP contribution is 2.83. The Morgan fingerprint density at radius 3 is 1.98 bits per heavy atom. The van der Waals surface area contributed by atoms with E-state index >= 15 is 0 Å². The Bertz CT molecular complexity index is 3210. The van der Waals surface area contributed by atoms with Crippen LogP contribution in [0.15, 0.2) is 194 Å². The second kappa shape index (κ2) is 12.5. The number of anilines is 3. The van der Waals surface area contributed by atoms with Crippen molar-refractivity contribution in [3.63, 3.8) is 0 Å². The second-order valence-electron chi connectivity index (χ2n) is 19.0. The number of nitrogens with zero attached hydrogens (tertiary/aromatic N) is 2. The summed E-state index contributed by atoms with van der Waals surface area (Å²) in [6.45, 7) is 0. The summed E-state index contributed by atoms with van der Waals surface area (Å²) in [5.41, 5.74) is 19.1. The van der Waals surface area contributed by atoms with Crippen LogP contribution in [0, 0.1) is 29.1 Å². The fraction of sp³-hybridized carbons (Fsp3) is 0.186. The van der Waals surface area contributed by atoms with E-state index in [1.54, 1.807) is 11.1 Å². The van der Waals surface area contributed by atoms with Crippen LogP contribution >= 0.6 is 0 Å². The van der Waals surface area contributed by atoms with Crippen LogP contribution in [0.25, 0.3) is 60.9 Å². The molecule has 4 fully saturated rings. The molecule has 2 nitrogen and oxygen atoms in total. The molecule has 6 unspecified atom stereocenters. The first-order valence-corrected chi connectivity index (χ1v) is 22.6. The number of hydrogen-bond acceptors (Lipinski definition) is 1. The molecular weight excluding hydrogens is 737 g/mol. The van der Waals surface area contributed by atoms with Crippen LogP contribution in [0.5, 0.6) is 0 Å². The molecule has 2 heteroatoms. The van der Waals surface area contributed by atoms with E-state index in [4.69, 9.17) is 0 Å². The van der Waals surface area contributed by atoms with Gasteiger partial charge in [0.05, 0.1) is 16.7 Å². The maximum Gasteiger partial charge on any atom is 0.0542 e. The topological polar surface area (TPSA) is 8.17 Å². The van der Waals surface area contributed by atoms with E-state index in [1.807, 2.05) is 0 Å². The van der Waals surface area contributed by atoms with Gasteiger partial charge in [0.1, 0.15) is 0 Å². The van der Waals surface area contributed by atoms with E-state index in [0.717, 1.165) is 40.7 Å². The zero-order valence-corrected chi connectivity index (χ0v) is 34.2. The molecule has 0 N–H and O–H groups in total. The first kappa shape index (κ1) is 34.1. The molecule has 2 spiro atoms. The molecule has 9 aromatic rings. The number of aromatic nitrogens is 1. The van der Waals surface area contributed by atoms with Crippen LogP contribution in [-0.2, 0) is 5.41 Å². The second-order valence-corrected chi connectivity index (χ2v) is 19.0. The van der Waals surface area contributed by atoms with Crippen molar-refractivity contribution < 1.29 is 0 Å². The molecule has 0 aliphatic heterocycles. The lowest BCUT2D eigenvalue weighted by Crippen LogP contribution is -2.50. The van der Waals surface area contributed by atoms with Crippen LogP contribution in [0.3, 0.4) is 0 Å². The predicted molar refractivity (Wildman–Crippen MR) is 252 cm³/mol. The Kier molecular flexibility index (Phi) is 6.97. The Hall–Kier alpha value is -6.64. The Balaban J connectivity index is 0.903. The van der Waals surface area contributed by atoms with E-state index in [-0.39, 0.29) is 5.41 Å². The number of para-hydroxylation sites is 3.